The topological polar surface area (TPSA) is 68.0 Å². The van der Waals surface area contributed by atoms with Crippen LogP contribution in [0.25, 0.3) is 11.3 Å². The first kappa shape index (κ1) is 16.1. The van der Waals surface area contributed by atoms with Gasteiger partial charge in [-0.3, -0.25) is 14.8 Å². The number of furan rings is 1. The number of carbonyl (C=O) groups is 1. The maximum Gasteiger partial charge on any atom is 0.224 e. The van der Waals surface area contributed by atoms with E-state index in [1.165, 1.54) is 18.4 Å². The van der Waals surface area contributed by atoms with E-state index in [9.17, 15) is 9.18 Å². The van der Waals surface area contributed by atoms with Gasteiger partial charge < -0.3 is 9.73 Å². The van der Waals surface area contributed by atoms with E-state index in [2.05, 4.69) is 15.3 Å². The Labute approximate surface area is 142 Å². The minimum absolute atomic E-state index is 0.146. The maximum atomic E-state index is 13.7. The van der Waals surface area contributed by atoms with Crippen molar-refractivity contribution in [2.75, 3.05) is 0 Å². The van der Waals surface area contributed by atoms with E-state index in [1.807, 2.05) is 0 Å². The number of benzene rings is 1. The maximum absolute atomic E-state index is 13.7. The summed E-state index contributed by atoms with van der Waals surface area (Å²) in [7, 11) is 0. The number of halogens is 2. The average Bonchev–Trinajstić information content (AvgIpc) is 3.11. The first-order chi connectivity index (χ1) is 11.6. The minimum Gasteiger partial charge on any atom is -0.472 e. The fourth-order valence-electron chi connectivity index (χ4n) is 2.24. The number of rotatable bonds is 5. The molecule has 0 spiro atoms. The highest BCUT2D eigenvalue weighted by molar-refractivity contribution is 6.31. The summed E-state index contributed by atoms with van der Waals surface area (Å²) >= 11 is 5.93. The van der Waals surface area contributed by atoms with E-state index < -0.39 is 5.82 Å². The lowest BCUT2D eigenvalue weighted by atomic mass is 10.1. The molecular formula is C17H13ClFN3O2. The van der Waals surface area contributed by atoms with Crippen molar-refractivity contribution in [1.29, 1.82) is 0 Å². The molecule has 3 rings (SSSR count). The molecule has 0 atom stereocenters. The van der Waals surface area contributed by atoms with E-state index >= 15 is 0 Å². The van der Waals surface area contributed by atoms with Gasteiger partial charge in [-0.05, 0) is 18.2 Å². The molecule has 0 aliphatic heterocycles. The number of carbonyl (C=O) groups excluding carboxylic acids is 1. The van der Waals surface area contributed by atoms with E-state index in [0.717, 1.165) is 5.56 Å². The van der Waals surface area contributed by atoms with Gasteiger partial charge in [0.15, 0.2) is 0 Å². The standard InChI is InChI=1S/C17H13ClFN3O2/c18-13-2-1-3-14(19)12(13)8-16(23)22-9-15-17(21-6-5-20-15)11-4-7-24-10-11/h1-7,10H,8-9H2,(H,22,23). The predicted molar refractivity (Wildman–Crippen MR) is 86.7 cm³/mol. The average molecular weight is 346 g/mol. The van der Waals surface area contributed by atoms with Crippen LogP contribution < -0.4 is 5.32 Å². The minimum atomic E-state index is -0.503. The zero-order chi connectivity index (χ0) is 16.9. The molecule has 0 aliphatic rings. The van der Waals surface area contributed by atoms with Crippen molar-refractivity contribution in [3.63, 3.8) is 0 Å². The summed E-state index contributed by atoms with van der Waals surface area (Å²) in [6.07, 6.45) is 6.04. The molecule has 1 amide bonds. The van der Waals surface area contributed by atoms with Crippen LogP contribution >= 0.6 is 11.6 Å². The number of nitrogens with one attached hydrogen (secondary N) is 1. The van der Waals surface area contributed by atoms with Crippen molar-refractivity contribution in [1.82, 2.24) is 15.3 Å². The van der Waals surface area contributed by atoms with E-state index in [-0.39, 0.29) is 29.5 Å². The van der Waals surface area contributed by atoms with Gasteiger partial charge in [-0.15, -0.1) is 0 Å². The lowest BCUT2D eigenvalue weighted by molar-refractivity contribution is -0.120. The van der Waals surface area contributed by atoms with Gasteiger partial charge in [0.25, 0.3) is 0 Å². The monoisotopic (exact) mass is 345 g/mol. The number of aromatic nitrogens is 2. The van der Waals surface area contributed by atoms with Crippen LogP contribution in [0.15, 0.2) is 53.6 Å². The molecule has 0 unspecified atom stereocenters. The Balaban J connectivity index is 1.69. The third-order valence-corrected chi connectivity index (χ3v) is 3.77. The highest BCUT2D eigenvalue weighted by Gasteiger charge is 2.14. The van der Waals surface area contributed by atoms with Crippen molar-refractivity contribution >= 4 is 17.5 Å². The molecule has 7 heteroatoms. The molecule has 1 aromatic carbocycles. The quantitative estimate of drug-likeness (QED) is 0.769. The molecule has 0 radical (unpaired) electrons. The van der Waals surface area contributed by atoms with Gasteiger partial charge in [0, 0.05) is 28.5 Å². The van der Waals surface area contributed by atoms with Crippen molar-refractivity contribution in [2.45, 2.75) is 13.0 Å². The van der Waals surface area contributed by atoms with Crippen LogP contribution in [0.4, 0.5) is 4.39 Å². The molecule has 3 aromatic rings. The molecule has 2 aromatic heterocycles. The molecule has 0 fully saturated rings. The molecule has 0 aliphatic carbocycles. The van der Waals surface area contributed by atoms with Crippen LogP contribution in [0.3, 0.4) is 0 Å². The SMILES string of the molecule is O=C(Cc1c(F)cccc1Cl)NCc1nccnc1-c1ccoc1. The fraction of sp³-hybridized carbons (Fsp3) is 0.118. The second kappa shape index (κ2) is 7.23. The molecule has 122 valence electrons. The summed E-state index contributed by atoms with van der Waals surface area (Å²) in [5, 5.41) is 2.93. The summed E-state index contributed by atoms with van der Waals surface area (Å²) in [4.78, 5) is 20.6. The van der Waals surface area contributed by atoms with Gasteiger partial charge in [-0.25, -0.2) is 4.39 Å². The van der Waals surface area contributed by atoms with Gasteiger partial charge in [0.1, 0.15) is 5.82 Å². The van der Waals surface area contributed by atoms with Crippen molar-refractivity contribution in [2.24, 2.45) is 0 Å². The lowest BCUT2D eigenvalue weighted by Crippen LogP contribution is -2.26. The fourth-order valence-corrected chi connectivity index (χ4v) is 2.47. The first-order valence-corrected chi connectivity index (χ1v) is 7.55. The third-order valence-electron chi connectivity index (χ3n) is 3.42. The molecule has 24 heavy (non-hydrogen) atoms. The van der Waals surface area contributed by atoms with Crippen LogP contribution in [0.1, 0.15) is 11.3 Å². The van der Waals surface area contributed by atoms with Crippen molar-refractivity contribution in [3.05, 3.63) is 71.3 Å². The van der Waals surface area contributed by atoms with Crippen molar-refractivity contribution < 1.29 is 13.6 Å². The molecular weight excluding hydrogens is 333 g/mol. The normalized spacial score (nSPS) is 10.6. The Morgan fingerprint density at radius 3 is 2.83 bits per heavy atom. The van der Waals surface area contributed by atoms with Crippen LogP contribution in [0.2, 0.25) is 5.02 Å². The number of hydrogen-bond donors (Lipinski definition) is 1. The lowest BCUT2D eigenvalue weighted by Gasteiger charge is -2.09. The van der Waals surface area contributed by atoms with Gasteiger partial charge in [0.2, 0.25) is 5.91 Å². The van der Waals surface area contributed by atoms with Gasteiger partial charge in [0.05, 0.1) is 36.9 Å². The molecule has 0 saturated carbocycles. The summed E-state index contributed by atoms with van der Waals surface area (Å²) in [5.74, 6) is -0.859. The molecule has 0 saturated heterocycles. The summed E-state index contributed by atoms with van der Waals surface area (Å²) in [6.45, 7) is 0.166. The predicted octanol–water partition coefficient (Wildman–Crippen LogP) is 3.39. The first-order valence-electron chi connectivity index (χ1n) is 7.17. The Morgan fingerprint density at radius 2 is 2.08 bits per heavy atom. The van der Waals surface area contributed by atoms with E-state index in [0.29, 0.717) is 11.4 Å². The van der Waals surface area contributed by atoms with E-state index in [1.54, 1.807) is 30.8 Å². The Morgan fingerprint density at radius 1 is 1.25 bits per heavy atom. The van der Waals surface area contributed by atoms with Crippen molar-refractivity contribution in [3.8, 4) is 11.3 Å². The highest BCUT2D eigenvalue weighted by atomic mass is 35.5. The van der Waals surface area contributed by atoms with Gasteiger partial charge >= 0.3 is 0 Å². The Hall–Kier alpha value is -2.73. The second-order valence-corrected chi connectivity index (χ2v) is 5.42. The van der Waals surface area contributed by atoms with Gasteiger partial charge in [-0.1, -0.05) is 17.7 Å². The molecule has 5 nitrogen and oxygen atoms in total. The number of hydrogen-bond acceptors (Lipinski definition) is 4. The summed E-state index contributed by atoms with van der Waals surface area (Å²) in [5.41, 5.74) is 2.15. The van der Waals surface area contributed by atoms with E-state index in [4.69, 9.17) is 16.0 Å². The summed E-state index contributed by atoms with van der Waals surface area (Å²) in [6, 6.07) is 6.07. The Bertz CT molecular complexity index is 833. The van der Waals surface area contributed by atoms with Crippen LogP contribution in [0, 0.1) is 5.82 Å². The smallest absolute Gasteiger partial charge is 0.224 e. The Kier molecular flexibility index (Phi) is 4.86. The summed E-state index contributed by atoms with van der Waals surface area (Å²) < 4.78 is 18.8. The molecule has 1 N–H and O–H groups in total. The van der Waals surface area contributed by atoms with Crippen LogP contribution in [-0.4, -0.2) is 15.9 Å². The molecule has 0 bridgehead atoms. The largest absolute Gasteiger partial charge is 0.472 e. The van der Waals surface area contributed by atoms with Gasteiger partial charge in [-0.2, -0.15) is 0 Å². The number of nitrogens with zero attached hydrogens (tertiary/aromatic N) is 2. The zero-order valence-electron chi connectivity index (χ0n) is 12.5. The second-order valence-electron chi connectivity index (χ2n) is 5.02. The van der Waals surface area contributed by atoms with Crippen LogP contribution in [0.5, 0.6) is 0 Å². The zero-order valence-corrected chi connectivity index (χ0v) is 13.3. The number of amides is 1. The highest BCUT2D eigenvalue weighted by Crippen LogP contribution is 2.21. The molecule has 2 heterocycles. The van der Waals surface area contributed by atoms with Crippen LogP contribution in [-0.2, 0) is 17.8 Å². The third kappa shape index (κ3) is 3.60.